The Bertz CT molecular complexity index is 577. The number of hydrogen-bond donors (Lipinski definition) is 1. The zero-order chi connectivity index (χ0) is 15.7. The van der Waals surface area contributed by atoms with Crippen molar-refractivity contribution in [2.45, 2.75) is 64.9 Å². The first-order valence-electron chi connectivity index (χ1n) is 8.81. The molecule has 0 aromatic rings. The highest BCUT2D eigenvalue weighted by atomic mass is 16.3. The number of fused-ring (bicyclic) bond motifs is 5. The van der Waals surface area contributed by atoms with Gasteiger partial charge in [0, 0.05) is 18.3 Å². The zero-order valence-electron chi connectivity index (χ0n) is 13.6. The van der Waals surface area contributed by atoms with Crippen LogP contribution < -0.4 is 0 Å². The summed E-state index contributed by atoms with van der Waals surface area (Å²) >= 11 is 0. The molecule has 120 valence electrons. The van der Waals surface area contributed by atoms with Crippen LogP contribution in [0.1, 0.15) is 58.8 Å². The standard InChI is InChI=1S/C19H26O3/c1-18-8-7-12(20)9-11(18)3-4-13-14-5-6-16(22)19(14,2)10-15(21)17(13)18/h9,13-15,17,21H,3-8,10H2,1-2H3/t13-,14-,15-,17+,18-,19-/m1/s1. The van der Waals surface area contributed by atoms with Crippen molar-refractivity contribution >= 4 is 11.6 Å². The molecule has 0 unspecified atom stereocenters. The van der Waals surface area contributed by atoms with E-state index >= 15 is 0 Å². The topological polar surface area (TPSA) is 54.4 Å². The first-order chi connectivity index (χ1) is 10.4. The van der Waals surface area contributed by atoms with Crippen molar-refractivity contribution in [3.8, 4) is 0 Å². The van der Waals surface area contributed by atoms with Crippen molar-refractivity contribution in [3.05, 3.63) is 11.6 Å². The fourth-order valence-electron chi connectivity index (χ4n) is 6.46. The molecule has 3 saturated carbocycles. The number of carbonyl (C=O) groups excluding carboxylic acids is 2. The molecule has 4 rings (SSSR count). The largest absolute Gasteiger partial charge is 0.393 e. The Hall–Kier alpha value is -0.960. The quantitative estimate of drug-likeness (QED) is 0.748. The van der Waals surface area contributed by atoms with E-state index in [4.69, 9.17) is 0 Å². The predicted molar refractivity (Wildman–Crippen MR) is 83.1 cm³/mol. The van der Waals surface area contributed by atoms with Crippen LogP contribution in [0.15, 0.2) is 11.6 Å². The van der Waals surface area contributed by atoms with E-state index in [1.807, 2.05) is 6.08 Å². The van der Waals surface area contributed by atoms with Crippen LogP contribution in [0.4, 0.5) is 0 Å². The number of aliphatic hydroxyl groups excluding tert-OH is 1. The third-order valence-electron chi connectivity index (χ3n) is 7.61. The van der Waals surface area contributed by atoms with Crippen LogP contribution >= 0.6 is 0 Å². The molecule has 0 bridgehead atoms. The normalized spacial score (nSPS) is 51.0. The number of Topliss-reactive ketones (excluding diaryl/α,β-unsaturated/α-hetero) is 1. The number of rotatable bonds is 0. The van der Waals surface area contributed by atoms with E-state index in [-0.39, 0.29) is 22.5 Å². The molecule has 3 nitrogen and oxygen atoms in total. The molecule has 22 heavy (non-hydrogen) atoms. The lowest BCUT2D eigenvalue weighted by Crippen LogP contribution is -2.56. The Labute approximate surface area is 132 Å². The molecule has 0 aliphatic heterocycles. The molecular formula is C19H26O3. The third-order valence-corrected chi connectivity index (χ3v) is 7.61. The van der Waals surface area contributed by atoms with Gasteiger partial charge in [-0.15, -0.1) is 0 Å². The van der Waals surface area contributed by atoms with E-state index in [2.05, 4.69) is 13.8 Å². The van der Waals surface area contributed by atoms with Crippen LogP contribution in [0, 0.1) is 28.6 Å². The van der Waals surface area contributed by atoms with Gasteiger partial charge in [-0.05, 0) is 61.3 Å². The lowest BCUT2D eigenvalue weighted by atomic mass is 9.46. The molecule has 0 aromatic heterocycles. The van der Waals surface area contributed by atoms with Crippen LogP contribution in [-0.4, -0.2) is 22.8 Å². The summed E-state index contributed by atoms with van der Waals surface area (Å²) in [5.74, 6) is 1.71. The van der Waals surface area contributed by atoms with Crippen molar-refractivity contribution in [3.63, 3.8) is 0 Å². The molecular weight excluding hydrogens is 276 g/mol. The SMILES string of the molecule is C[C@@]12C[C@@H](O)[C@@H]3[C@H](CCC4=CC(=O)CC[C@]43C)[C@H]1CCC2=O. The van der Waals surface area contributed by atoms with Gasteiger partial charge >= 0.3 is 0 Å². The van der Waals surface area contributed by atoms with Gasteiger partial charge in [0.05, 0.1) is 6.10 Å². The number of ketones is 2. The minimum Gasteiger partial charge on any atom is -0.393 e. The van der Waals surface area contributed by atoms with Gasteiger partial charge in [0.25, 0.3) is 0 Å². The van der Waals surface area contributed by atoms with Gasteiger partial charge in [0.2, 0.25) is 0 Å². The second-order valence-electron chi connectivity index (χ2n) is 8.54. The van der Waals surface area contributed by atoms with Crippen LogP contribution in [0.25, 0.3) is 0 Å². The van der Waals surface area contributed by atoms with Crippen molar-refractivity contribution < 1.29 is 14.7 Å². The molecule has 1 N–H and O–H groups in total. The van der Waals surface area contributed by atoms with Crippen LogP contribution in [0.2, 0.25) is 0 Å². The Morgan fingerprint density at radius 1 is 1.09 bits per heavy atom. The Morgan fingerprint density at radius 3 is 2.64 bits per heavy atom. The fourth-order valence-corrected chi connectivity index (χ4v) is 6.46. The first kappa shape index (κ1) is 14.6. The molecule has 0 heterocycles. The number of aliphatic hydroxyl groups is 1. The number of carbonyl (C=O) groups is 2. The minimum atomic E-state index is -0.407. The van der Waals surface area contributed by atoms with Gasteiger partial charge in [-0.1, -0.05) is 19.4 Å². The van der Waals surface area contributed by atoms with Crippen molar-refractivity contribution in [2.75, 3.05) is 0 Å². The lowest BCUT2D eigenvalue weighted by Gasteiger charge is -2.58. The minimum absolute atomic E-state index is 0.0385. The predicted octanol–water partition coefficient (Wildman–Crippen LogP) is 3.06. The average Bonchev–Trinajstić information content (AvgIpc) is 2.75. The van der Waals surface area contributed by atoms with Gasteiger partial charge in [-0.2, -0.15) is 0 Å². The average molecular weight is 302 g/mol. The van der Waals surface area contributed by atoms with Crippen LogP contribution in [-0.2, 0) is 9.59 Å². The van der Waals surface area contributed by atoms with Gasteiger partial charge < -0.3 is 5.11 Å². The van der Waals surface area contributed by atoms with Gasteiger partial charge in [-0.25, -0.2) is 0 Å². The summed E-state index contributed by atoms with van der Waals surface area (Å²) in [6.45, 7) is 4.34. The third kappa shape index (κ3) is 1.72. The molecule has 4 aliphatic rings. The zero-order valence-corrected chi connectivity index (χ0v) is 13.6. The van der Waals surface area contributed by atoms with E-state index in [0.29, 0.717) is 36.9 Å². The summed E-state index contributed by atoms with van der Waals surface area (Å²) in [5, 5.41) is 10.9. The smallest absolute Gasteiger partial charge is 0.155 e. The molecule has 0 saturated heterocycles. The highest BCUT2D eigenvalue weighted by Gasteiger charge is 2.61. The lowest BCUT2D eigenvalue weighted by molar-refractivity contribution is -0.147. The molecule has 3 fully saturated rings. The van der Waals surface area contributed by atoms with Gasteiger partial charge in [0.1, 0.15) is 5.78 Å². The Morgan fingerprint density at radius 2 is 1.86 bits per heavy atom. The summed E-state index contributed by atoms with van der Waals surface area (Å²) in [5.41, 5.74) is 0.920. The van der Waals surface area contributed by atoms with Gasteiger partial charge in [0.15, 0.2) is 5.78 Å². The van der Waals surface area contributed by atoms with Crippen molar-refractivity contribution in [1.29, 1.82) is 0 Å². The number of hydrogen-bond acceptors (Lipinski definition) is 3. The molecule has 6 atom stereocenters. The molecule has 0 amide bonds. The van der Waals surface area contributed by atoms with Crippen LogP contribution in [0.3, 0.4) is 0 Å². The molecule has 0 spiro atoms. The summed E-state index contributed by atoms with van der Waals surface area (Å²) in [4.78, 5) is 24.2. The fraction of sp³-hybridized carbons (Fsp3) is 0.789. The Balaban J connectivity index is 1.75. The van der Waals surface area contributed by atoms with Crippen LogP contribution in [0.5, 0.6) is 0 Å². The van der Waals surface area contributed by atoms with Crippen molar-refractivity contribution in [2.24, 2.45) is 28.6 Å². The maximum Gasteiger partial charge on any atom is 0.155 e. The number of allylic oxidation sites excluding steroid dienone is 1. The van der Waals surface area contributed by atoms with E-state index in [1.165, 1.54) is 5.57 Å². The van der Waals surface area contributed by atoms with E-state index in [9.17, 15) is 14.7 Å². The summed E-state index contributed by atoms with van der Waals surface area (Å²) < 4.78 is 0. The molecule has 3 heteroatoms. The maximum absolute atomic E-state index is 12.4. The van der Waals surface area contributed by atoms with E-state index in [0.717, 1.165) is 25.7 Å². The monoisotopic (exact) mass is 302 g/mol. The summed E-state index contributed by atoms with van der Waals surface area (Å²) in [7, 11) is 0. The molecule has 0 aromatic carbocycles. The first-order valence-corrected chi connectivity index (χ1v) is 8.81. The van der Waals surface area contributed by atoms with Crippen molar-refractivity contribution in [1.82, 2.24) is 0 Å². The van der Waals surface area contributed by atoms with E-state index < -0.39 is 6.10 Å². The molecule has 0 radical (unpaired) electrons. The maximum atomic E-state index is 12.4. The Kier molecular flexibility index (Phi) is 3.01. The second kappa shape index (κ2) is 4.53. The summed E-state index contributed by atoms with van der Waals surface area (Å²) in [6.07, 6.45) is 7.24. The second-order valence-corrected chi connectivity index (χ2v) is 8.54. The highest BCUT2D eigenvalue weighted by molar-refractivity contribution is 5.91. The van der Waals surface area contributed by atoms with E-state index in [1.54, 1.807) is 0 Å². The van der Waals surface area contributed by atoms with Gasteiger partial charge in [-0.3, -0.25) is 9.59 Å². The summed E-state index contributed by atoms with van der Waals surface area (Å²) in [6, 6.07) is 0. The highest BCUT2D eigenvalue weighted by Crippen LogP contribution is 2.64. The molecule has 4 aliphatic carbocycles.